The van der Waals surface area contributed by atoms with Crippen LogP contribution in [0.4, 0.5) is 11.4 Å². The highest BCUT2D eigenvalue weighted by Gasteiger charge is 2.13. The van der Waals surface area contributed by atoms with E-state index >= 15 is 0 Å². The van der Waals surface area contributed by atoms with Crippen LogP contribution in [0.5, 0.6) is 0 Å². The van der Waals surface area contributed by atoms with Crippen molar-refractivity contribution in [3.8, 4) is 0 Å². The lowest BCUT2D eigenvalue weighted by Crippen LogP contribution is -2.01. The lowest BCUT2D eigenvalue weighted by molar-refractivity contribution is -0.384. The second kappa shape index (κ2) is 4.36. The highest BCUT2D eigenvalue weighted by atomic mass is 16.6. The number of anilines is 1. The van der Waals surface area contributed by atoms with Gasteiger partial charge >= 0.3 is 0 Å². The number of nitro groups is 1. The summed E-state index contributed by atoms with van der Waals surface area (Å²) in [4.78, 5) is 20.5. The Labute approximate surface area is 80.9 Å². The minimum Gasteiger partial charge on any atom is -0.380 e. The molecule has 0 aliphatic carbocycles. The fourth-order valence-electron chi connectivity index (χ4n) is 1.11. The van der Waals surface area contributed by atoms with Crippen LogP contribution in [-0.4, -0.2) is 17.8 Å². The summed E-state index contributed by atoms with van der Waals surface area (Å²) in [7, 11) is 0. The molecule has 0 heterocycles. The predicted molar refractivity (Wildman–Crippen MR) is 52.6 cm³/mol. The van der Waals surface area contributed by atoms with Crippen molar-refractivity contribution in [2.45, 2.75) is 6.92 Å². The third-order valence-electron chi connectivity index (χ3n) is 1.72. The normalized spacial score (nSPS) is 9.50. The second-order valence-electron chi connectivity index (χ2n) is 2.68. The Morgan fingerprint density at radius 1 is 1.57 bits per heavy atom. The molecule has 0 aliphatic heterocycles. The molecule has 1 aromatic rings. The monoisotopic (exact) mass is 194 g/mol. The molecule has 0 amide bonds. The number of aldehydes is 1. The van der Waals surface area contributed by atoms with Gasteiger partial charge in [-0.3, -0.25) is 14.9 Å². The van der Waals surface area contributed by atoms with Gasteiger partial charge in [-0.15, -0.1) is 0 Å². The average Bonchev–Trinajstić information content (AvgIpc) is 2.18. The quantitative estimate of drug-likeness (QED) is 0.451. The van der Waals surface area contributed by atoms with E-state index in [-0.39, 0.29) is 5.69 Å². The van der Waals surface area contributed by atoms with Crippen LogP contribution in [0.25, 0.3) is 0 Å². The number of hydrogen-bond acceptors (Lipinski definition) is 4. The van der Waals surface area contributed by atoms with Crippen molar-refractivity contribution >= 4 is 17.7 Å². The number of carbonyl (C=O) groups is 1. The maximum absolute atomic E-state index is 10.6. The van der Waals surface area contributed by atoms with Crippen LogP contribution in [0.15, 0.2) is 18.2 Å². The zero-order chi connectivity index (χ0) is 10.6. The van der Waals surface area contributed by atoms with Gasteiger partial charge in [0.05, 0.1) is 4.92 Å². The minimum atomic E-state index is -0.509. The first kappa shape index (κ1) is 10.2. The molecule has 74 valence electrons. The van der Waals surface area contributed by atoms with E-state index in [0.29, 0.717) is 24.1 Å². The zero-order valence-electron chi connectivity index (χ0n) is 7.69. The summed E-state index contributed by atoms with van der Waals surface area (Å²) >= 11 is 0. The van der Waals surface area contributed by atoms with Crippen LogP contribution in [0.3, 0.4) is 0 Å². The molecule has 1 N–H and O–H groups in total. The largest absolute Gasteiger partial charge is 0.380 e. The van der Waals surface area contributed by atoms with E-state index in [0.717, 1.165) is 0 Å². The van der Waals surface area contributed by atoms with Crippen LogP contribution < -0.4 is 5.32 Å². The maximum atomic E-state index is 10.6. The van der Waals surface area contributed by atoms with E-state index in [2.05, 4.69) is 5.32 Å². The molecular weight excluding hydrogens is 184 g/mol. The fraction of sp³-hybridized carbons (Fsp3) is 0.222. The summed E-state index contributed by atoms with van der Waals surface area (Å²) in [5, 5.41) is 13.5. The summed E-state index contributed by atoms with van der Waals surface area (Å²) in [5.74, 6) is 0. The highest BCUT2D eigenvalue weighted by Crippen LogP contribution is 2.24. The molecule has 0 aromatic heterocycles. The Kier molecular flexibility index (Phi) is 3.17. The first-order valence-electron chi connectivity index (χ1n) is 4.16. The SMILES string of the molecule is CCNc1ccc(C=O)cc1[N+](=O)[O-]. The molecular formula is C9H10N2O3. The van der Waals surface area contributed by atoms with Crippen molar-refractivity contribution in [2.75, 3.05) is 11.9 Å². The summed E-state index contributed by atoms with van der Waals surface area (Å²) < 4.78 is 0. The van der Waals surface area contributed by atoms with Gasteiger partial charge in [0, 0.05) is 18.2 Å². The molecule has 0 radical (unpaired) electrons. The van der Waals surface area contributed by atoms with E-state index in [4.69, 9.17) is 0 Å². The molecule has 14 heavy (non-hydrogen) atoms. The molecule has 5 nitrogen and oxygen atoms in total. The van der Waals surface area contributed by atoms with Gasteiger partial charge in [-0.1, -0.05) is 0 Å². The summed E-state index contributed by atoms with van der Waals surface area (Å²) in [6, 6.07) is 4.33. The Bertz CT molecular complexity index is 363. The number of rotatable bonds is 4. The van der Waals surface area contributed by atoms with Crippen LogP contribution >= 0.6 is 0 Å². The van der Waals surface area contributed by atoms with Crippen molar-refractivity contribution in [1.82, 2.24) is 0 Å². The van der Waals surface area contributed by atoms with E-state index in [9.17, 15) is 14.9 Å². The number of benzene rings is 1. The molecule has 5 heteroatoms. The Hall–Kier alpha value is -1.91. The lowest BCUT2D eigenvalue weighted by atomic mass is 10.2. The summed E-state index contributed by atoms with van der Waals surface area (Å²) in [5.41, 5.74) is 0.665. The van der Waals surface area contributed by atoms with Crippen molar-refractivity contribution < 1.29 is 9.72 Å². The predicted octanol–water partition coefficient (Wildman–Crippen LogP) is 1.84. The number of hydrogen-bond donors (Lipinski definition) is 1. The average molecular weight is 194 g/mol. The standard InChI is InChI=1S/C9H10N2O3/c1-2-10-8-4-3-7(6-12)5-9(8)11(13)14/h3-6,10H,2H2,1H3. The number of nitrogens with zero attached hydrogens (tertiary/aromatic N) is 1. The third kappa shape index (κ3) is 2.07. The molecule has 0 spiro atoms. The van der Waals surface area contributed by atoms with Crippen molar-refractivity contribution in [3.05, 3.63) is 33.9 Å². The Morgan fingerprint density at radius 3 is 2.79 bits per heavy atom. The van der Waals surface area contributed by atoms with Crippen molar-refractivity contribution in [2.24, 2.45) is 0 Å². The molecule has 0 saturated carbocycles. The molecule has 1 rings (SSSR count). The second-order valence-corrected chi connectivity index (χ2v) is 2.68. The number of nitro benzene ring substituents is 1. The highest BCUT2D eigenvalue weighted by molar-refractivity contribution is 5.79. The van der Waals surface area contributed by atoms with Gasteiger partial charge in [0.2, 0.25) is 0 Å². The fourth-order valence-corrected chi connectivity index (χ4v) is 1.11. The van der Waals surface area contributed by atoms with Gasteiger partial charge < -0.3 is 5.32 Å². The van der Waals surface area contributed by atoms with Gasteiger partial charge in [-0.05, 0) is 19.1 Å². The van der Waals surface area contributed by atoms with Gasteiger partial charge in [-0.25, -0.2) is 0 Å². The molecule has 0 saturated heterocycles. The summed E-state index contributed by atoms with van der Waals surface area (Å²) in [6.45, 7) is 2.44. The maximum Gasteiger partial charge on any atom is 0.293 e. The number of carbonyl (C=O) groups excluding carboxylic acids is 1. The Balaban J connectivity index is 3.16. The van der Waals surface area contributed by atoms with Gasteiger partial charge in [-0.2, -0.15) is 0 Å². The number of nitrogens with one attached hydrogen (secondary N) is 1. The minimum absolute atomic E-state index is 0.0727. The summed E-state index contributed by atoms with van der Waals surface area (Å²) in [6.07, 6.45) is 0.586. The molecule has 0 atom stereocenters. The topological polar surface area (TPSA) is 72.2 Å². The molecule has 0 fully saturated rings. The van der Waals surface area contributed by atoms with E-state index in [1.807, 2.05) is 6.92 Å². The van der Waals surface area contributed by atoms with Crippen LogP contribution in [0.2, 0.25) is 0 Å². The van der Waals surface area contributed by atoms with E-state index in [1.54, 1.807) is 0 Å². The van der Waals surface area contributed by atoms with Crippen LogP contribution in [0.1, 0.15) is 17.3 Å². The van der Waals surface area contributed by atoms with Crippen LogP contribution in [-0.2, 0) is 0 Å². The van der Waals surface area contributed by atoms with Gasteiger partial charge in [0.15, 0.2) is 0 Å². The van der Waals surface area contributed by atoms with E-state index in [1.165, 1.54) is 18.2 Å². The van der Waals surface area contributed by atoms with Crippen LogP contribution in [0, 0.1) is 10.1 Å². The van der Waals surface area contributed by atoms with Crippen molar-refractivity contribution in [1.29, 1.82) is 0 Å². The molecule has 0 unspecified atom stereocenters. The van der Waals surface area contributed by atoms with Gasteiger partial charge in [0.25, 0.3) is 5.69 Å². The van der Waals surface area contributed by atoms with E-state index < -0.39 is 4.92 Å². The third-order valence-corrected chi connectivity index (χ3v) is 1.72. The molecule has 1 aromatic carbocycles. The lowest BCUT2D eigenvalue weighted by Gasteiger charge is -2.03. The molecule has 0 bridgehead atoms. The first-order valence-corrected chi connectivity index (χ1v) is 4.16. The smallest absolute Gasteiger partial charge is 0.293 e. The van der Waals surface area contributed by atoms with Gasteiger partial charge in [0.1, 0.15) is 12.0 Å². The van der Waals surface area contributed by atoms with Crippen molar-refractivity contribution in [3.63, 3.8) is 0 Å². The first-order chi connectivity index (χ1) is 6.69. The Morgan fingerprint density at radius 2 is 2.29 bits per heavy atom. The zero-order valence-corrected chi connectivity index (χ0v) is 7.69. The molecule has 0 aliphatic rings.